The van der Waals surface area contributed by atoms with E-state index < -0.39 is 0 Å². The lowest BCUT2D eigenvalue weighted by molar-refractivity contribution is 1.18. The van der Waals surface area contributed by atoms with Crippen molar-refractivity contribution in [3.63, 3.8) is 0 Å². The van der Waals surface area contributed by atoms with Gasteiger partial charge in [-0.15, -0.1) is 9.24 Å². The van der Waals surface area contributed by atoms with E-state index in [0.29, 0.717) is 0 Å². The van der Waals surface area contributed by atoms with Crippen molar-refractivity contribution in [1.29, 1.82) is 0 Å². The number of rotatable bonds is 6. The maximum Gasteiger partial charge on any atom is 0.0541 e. The van der Waals surface area contributed by atoms with E-state index in [1.165, 1.54) is 49.7 Å². The van der Waals surface area contributed by atoms with E-state index in [2.05, 4.69) is 195 Å². The highest BCUT2D eigenvalue weighted by Crippen LogP contribution is 2.38. The fourth-order valence-corrected chi connectivity index (χ4v) is 6.64. The van der Waals surface area contributed by atoms with Gasteiger partial charge in [0.2, 0.25) is 0 Å². The lowest BCUT2D eigenvalue weighted by atomic mass is 10.0. The molecule has 0 saturated carbocycles. The molecule has 0 bridgehead atoms. The summed E-state index contributed by atoms with van der Waals surface area (Å²) in [5.41, 5.74) is 11.8. The van der Waals surface area contributed by atoms with Gasteiger partial charge in [0.25, 0.3) is 0 Å². The van der Waals surface area contributed by atoms with Gasteiger partial charge in [-0.3, -0.25) is 0 Å². The predicted molar refractivity (Wildman–Crippen MR) is 196 cm³/mol. The van der Waals surface area contributed by atoms with E-state index in [9.17, 15) is 0 Å². The average Bonchev–Trinajstić information content (AvgIpc) is 3.44. The van der Waals surface area contributed by atoms with Crippen molar-refractivity contribution in [3.8, 4) is 27.9 Å². The zero-order valence-electron chi connectivity index (χ0n) is 24.7. The predicted octanol–water partition coefficient (Wildman–Crippen LogP) is 11.1. The van der Waals surface area contributed by atoms with Crippen LogP contribution in [0.4, 0.5) is 17.1 Å². The average molecular weight is 595 g/mol. The quantitative estimate of drug-likeness (QED) is 0.174. The monoisotopic (exact) mass is 594 g/mol. The first kappa shape index (κ1) is 27.1. The number of aromatic nitrogens is 1. The highest BCUT2D eigenvalue weighted by Gasteiger charge is 2.15. The topological polar surface area (TPSA) is 8.17 Å². The third kappa shape index (κ3) is 5.10. The Morgan fingerprint density at radius 2 is 0.933 bits per heavy atom. The summed E-state index contributed by atoms with van der Waals surface area (Å²) in [4.78, 5) is 2.32. The normalized spacial score (nSPS) is 11.2. The standard InChI is InChI=1S/C42H31N2P/c45-38-15-9-14-37(29-38)43(35-23-18-31(19-24-35)30-10-3-1-4-11-30)36-25-20-32(21-26-36)33-22-27-42-40(28-33)39-16-7-8-17-41(39)44(42)34-12-5-2-6-13-34/h1-29H,45H2. The van der Waals surface area contributed by atoms with Crippen LogP contribution in [0.15, 0.2) is 176 Å². The molecule has 0 fully saturated rings. The fourth-order valence-electron chi connectivity index (χ4n) is 6.36. The SMILES string of the molecule is Pc1cccc(N(c2ccc(-c3ccccc3)cc2)c2ccc(-c3ccc4c(c3)c3ccccc3n4-c3ccccc3)cc2)c1. The molecule has 45 heavy (non-hydrogen) atoms. The van der Waals surface area contributed by atoms with Crippen LogP contribution in [-0.4, -0.2) is 4.57 Å². The van der Waals surface area contributed by atoms with Crippen molar-refractivity contribution >= 4 is 53.4 Å². The van der Waals surface area contributed by atoms with Gasteiger partial charge in [0.1, 0.15) is 0 Å². The van der Waals surface area contributed by atoms with Crippen LogP contribution in [0.3, 0.4) is 0 Å². The second-order valence-corrected chi connectivity index (χ2v) is 12.0. The molecule has 1 unspecified atom stereocenters. The molecule has 0 radical (unpaired) electrons. The van der Waals surface area contributed by atoms with Crippen molar-refractivity contribution in [1.82, 2.24) is 4.57 Å². The number of fused-ring (bicyclic) bond motifs is 3. The summed E-state index contributed by atoms with van der Waals surface area (Å²) in [6.07, 6.45) is 0. The third-order valence-corrected chi connectivity index (χ3v) is 8.87. The molecule has 0 aliphatic rings. The number of nitrogens with zero attached hydrogens (tertiary/aromatic N) is 2. The molecule has 0 saturated heterocycles. The molecule has 0 spiro atoms. The van der Waals surface area contributed by atoms with Gasteiger partial charge in [0.05, 0.1) is 11.0 Å². The van der Waals surface area contributed by atoms with Gasteiger partial charge in [-0.2, -0.15) is 0 Å². The van der Waals surface area contributed by atoms with Gasteiger partial charge in [-0.05, 0) is 94.3 Å². The largest absolute Gasteiger partial charge is 0.310 e. The lowest BCUT2D eigenvalue weighted by Gasteiger charge is -2.26. The Morgan fingerprint density at radius 3 is 1.62 bits per heavy atom. The number of benzene rings is 7. The summed E-state index contributed by atoms with van der Waals surface area (Å²) in [5.74, 6) is 0. The Bertz CT molecular complexity index is 2250. The van der Waals surface area contributed by atoms with Gasteiger partial charge >= 0.3 is 0 Å². The molecular formula is C42H31N2P. The molecule has 0 amide bonds. The summed E-state index contributed by atoms with van der Waals surface area (Å²) < 4.78 is 2.36. The van der Waals surface area contributed by atoms with E-state index in [4.69, 9.17) is 0 Å². The smallest absolute Gasteiger partial charge is 0.0541 e. The summed E-state index contributed by atoms with van der Waals surface area (Å²) in [6.45, 7) is 0. The minimum atomic E-state index is 1.11. The number of hydrogen-bond donors (Lipinski definition) is 0. The zero-order valence-corrected chi connectivity index (χ0v) is 25.9. The van der Waals surface area contributed by atoms with E-state index in [1.807, 2.05) is 0 Å². The van der Waals surface area contributed by atoms with Crippen LogP contribution in [0.25, 0.3) is 49.7 Å². The van der Waals surface area contributed by atoms with Gasteiger partial charge in [-0.25, -0.2) is 0 Å². The van der Waals surface area contributed by atoms with Crippen molar-refractivity contribution < 1.29 is 0 Å². The van der Waals surface area contributed by atoms with Gasteiger partial charge in [0.15, 0.2) is 0 Å². The van der Waals surface area contributed by atoms with Crippen LogP contribution in [0, 0.1) is 0 Å². The molecule has 3 heteroatoms. The minimum absolute atomic E-state index is 1.11. The summed E-state index contributed by atoms with van der Waals surface area (Å²) >= 11 is 0. The third-order valence-electron chi connectivity index (χ3n) is 8.51. The molecule has 8 aromatic rings. The van der Waals surface area contributed by atoms with E-state index in [-0.39, 0.29) is 0 Å². The highest BCUT2D eigenvalue weighted by molar-refractivity contribution is 7.27. The molecule has 0 aliphatic carbocycles. The first-order valence-corrected chi connectivity index (χ1v) is 15.8. The second-order valence-electron chi connectivity index (χ2n) is 11.3. The van der Waals surface area contributed by atoms with Crippen molar-refractivity contribution in [2.75, 3.05) is 4.90 Å². The van der Waals surface area contributed by atoms with Gasteiger partial charge in [0, 0.05) is 33.5 Å². The molecule has 1 aromatic heterocycles. The molecule has 214 valence electrons. The number of hydrogen-bond acceptors (Lipinski definition) is 1. The van der Waals surface area contributed by atoms with Crippen LogP contribution in [0.1, 0.15) is 0 Å². The summed E-state index contributed by atoms with van der Waals surface area (Å²) in [7, 11) is 2.83. The highest BCUT2D eigenvalue weighted by atomic mass is 31.0. The fraction of sp³-hybridized carbons (Fsp3) is 0. The number of anilines is 3. The Morgan fingerprint density at radius 1 is 0.378 bits per heavy atom. The van der Waals surface area contributed by atoms with Crippen molar-refractivity contribution in [2.45, 2.75) is 0 Å². The first-order chi connectivity index (χ1) is 22.2. The summed E-state index contributed by atoms with van der Waals surface area (Å²) in [5, 5.41) is 3.67. The first-order valence-electron chi connectivity index (χ1n) is 15.2. The van der Waals surface area contributed by atoms with E-state index in [1.54, 1.807) is 0 Å². The van der Waals surface area contributed by atoms with Crippen LogP contribution in [0.2, 0.25) is 0 Å². The zero-order chi connectivity index (χ0) is 30.2. The molecular weight excluding hydrogens is 563 g/mol. The molecule has 8 rings (SSSR count). The molecule has 0 aliphatic heterocycles. The van der Waals surface area contributed by atoms with Crippen LogP contribution in [0.5, 0.6) is 0 Å². The van der Waals surface area contributed by atoms with Crippen molar-refractivity contribution in [3.05, 3.63) is 176 Å². The molecule has 1 heterocycles. The maximum atomic E-state index is 2.83. The Hall–Kier alpha value is -5.43. The Balaban J connectivity index is 1.19. The molecule has 0 N–H and O–H groups in total. The number of para-hydroxylation sites is 2. The van der Waals surface area contributed by atoms with Gasteiger partial charge < -0.3 is 9.47 Å². The lowest BCUT2D eigenvalue weighted by Crippen LogP contribution is -2.11. The van der Waals surface area contributed by atoms with Gasteiger partial charge in [-0.1, -0.05) is 109 Å². The summed E-state index contributed by atoms with van der Waals surface area (Å²) in [6, 6.07) is 63.0. The molecule has 7 aromatic carbocycles. The van der Waals surface area contributed by atoms with E-state index >= 15 is 0 Å². The van der Waals surface area contributed by atoms with Crippen LogP contribution >= 0.6 is 9.24 Å². The Kier molecular flexibility index (Phi) is 6.98. The van der Waals surface area contributed by atoms with Crippen molar-refractivity contribution in [2.24, 2.45) is 0 Å². The molecule has 2 nitrogen and oxygen atoms in total. The Labute approximate surface area is 266 Å². The second kappa shape index (κ2) is 11.6. The van der Waals surface area contributed by atoms with Crippen LogP contribution in [-0.2, 0) is 0 Å². The minimum Gasteiger partial charge on any atom is -0.310 e. The molecule has 1 atom stereocenters. The van der Waals surface area contributed by atoms with E-state index in [0.717, 1.165) is 22.4 Å². The van der Waals surface area contributed by atoms with Crippen LogP contribution < -0.4 is 10.2 Å². The maximum absolute atomic E-state index is 2.83.